The summed E-state index contributed by atoms with van der Waals surface area (Å²) in [6, 6.07) is 4.50. The number of alkyl halides is 2. The Labute approximate surface area is 270 Å². The second kappa shape index (κ2) is 30.2. The molecule has 1 aromatic rings. The smallest absolute Gasteiger partial charge is 0.270 e. The predicted octanol–water partition coefficient (Wildman–Crippen LogP) is 12.7. The molecule has 0 saturated carbocycles. The van der Waals surface area contributed by atoms with Crippen LogP contribution in [0.4, 0.5) is 8.78 Å². The molecule has 1 aromatic carbocycles. The van der Waals surface area contributed by atoms with E-state index in [9.17, 15) is 18.4 Å². The zero-order valence-electron chi connectivity index (χ0n) is 30.2. The number of aliphatic imine (C=N–C) groups is 1. The summed E-state index contributed by atoms with van der Waals surface area (Å²) in [7, 11) is 1.64. The van der Waals surface area contributed by atoms with Crippen molar-refractivity contribution < 1.29 is 18.4 Å². The SMILES string of the molecule is CC(C)=O.CC/C(C)=C/C(=NC)C(C)=O.CCCC(CC)C(C)CC.CCCCC.CCc1cc(Cl)cc(C(C)(F)F)c1. The quantitative estimate of drug-likeness (QED) is 0.216. The van der Waals surface area contributed by atoms with Crippen LogP contribution in [0.2, 0.25) is 5.02 Å². The Hall–Kier alpha value is -1.88. The molecule has 252 valence electrons. The van der Waals surface area contributed by atoms with E-state index < -0.39 is 5.92 Å². The maximum Gasteiger partial charge on any atom is 0.270 e. The fourth-order valence-corrected chi connectivity index (χ4v) is 3.97. The molecular weight excluding hydrogens is 564 g/mol. The van der Waals surface area contributed by atoms with Crippen molar-refractivity contribution in [3.63, 3.8) is 0 Å². The summed E-state index contributed by atoms with van der Waals surface area (Å²) in [4.78, 5) is 24.2. The number of Topliss-reactive ketones (excluding diaryl/α,β-unsaturated/α-hetero) is 2. The molecule has 0 aromatic heterocycles. The minimum atomic E-state index is -2.81. The summed E-state index contributed by atoms with van der Waals surface area (Å²) in [5.74, 6) is -0.699. The average Bonchev–Trinajstić information content (AvgIpc) is 2.94. The van der Waals surface area contributed by atoms with Crippen LogP contribution in [0.25, 0.3) is 0 Å². The van der Waals surface area contributed by atoms with Crippen molar-refractivity contribution in [1.82, 2.24) is 0 Å². The van der Waals surface area contributed by atoms with Crippen LogP contribution in [0.15, 0.2) is 34.8 Å². The normalized spacial score (nSPS) is 12.5. The van der Waals surface area contributed by atoms with Crippen LogP contribution < -0.4 is 0 Å². The number of nitrogens with zero attached hydrogens (tertiary/aromatic N) is 1. The first-order valence-electron chi connectivity index (χ1n) is 16.2. The van der Waals surface area contributed by atoms with E-state index in [-0.39, 0.29) is 17.1 Å². The lowest BCUT2D eigenvalue weighted by atomic mass is 9.86. The van der Waals surface area contributed by atoms with Gasteiger partial charge in [-0.05, 0) is 75.3 Å². The van der Waals surface area contributed by atoms with Crippen LogP contribution in [0.3, 0.4) is 0 Å². The number of unbranched alkanes of at least 4 members (excludes halogenated alkanes) is 2. The van der Waals surface area contributed by atoms with Crippen LogP contribution >= 0.6 is 11.6 Å². The van der Waals surface area contributed by atoms with Gasteiger partial charge in [0.15, 0.2) is 5.78 Å². The van der Waals surface area contributed by atoms with Gasteiger partial charge in [-0.2, -0.15) is 0 Å². The van der Waals surface area contributed by atoms with Gasteiger partial charge in [0.2, 0.25) is 0 Å². The van der Waals surface area contributed by atoms with Gasteiger partial charge in [-0.25, -0.2) is 8.78 Å². The van der Waals surface area contributed by atoms with Crippen molar-refractivity contribution in [3.05, 3.63) is 46.0 Å². The maximum absolute atomic E-state index is 12.9. The summed E-state index contributed by atoms with van der Waals surface area (Å²) in [5.41, 5.74) is 2.56. The number of rotatable bonds is 12. The molecule has 2 unspecified atom stereocenters. The van der Waals surface area contributed by atoms with Gasteiger partial charge in [-0.3, -0.25) is 9.79 Å². The van der Waals surface area contributed by atoms with Crippen molar-refractivity contribution in [1.29, 1.82) is 0 Å². The molecule has 0 bridgehead atoms. The van der Waals surface area contributed by atoms with E-state index in [0.29, 0.717) is 17.2 Å². The van der Waals surface area contributed by atoms with Crippen molar-refractivity contribution in [3.8, 4) is 0 Å². The van der Waals surface area contributed by atoms with E-state index in [0.717, 1.165) is 30.7 Å². The third-order valence-electron chi connectivity index (χ3n) is 6.75. The highest BCUT2D eigenvalue weighted by Gasteiger charge is 2.24. The lowest BCUT2D eigenvalue weighted by Crippen LogP contribution is -2.09. The molecule has 1 rings (SSSR count). The average molecular weight is 630 g/mol. The molecule has 0 aliphatic carbocycles. The summed E-state index contributed by atoms with van der Waals surface area (Å²) in [5, 5.41) is 0.371. The third kappa shape index (κ3) is 31.4. The number of hydrogen-bond donors (Lipinski definition) is 0. The first-order chi connectivity index (χ1) is 19.9. The number of aryl methyl sites for hydroxylation is 1. The largest absolute Gasteiger partial charge is 0.300 e. The molecule has 0 amide bonds. The second-order valence-corrected chi connectivity index (χ2v) is 11.6. The predicted molar refractivity (Wildman–Crippen MR) is 188 cm³/mol. The van der Waals surface area contributed by atoms with E-state index in [1.165, 1.54) is 83.4 Å². The van der Waals surface area contributed by atoms with Gasteiger partial charge in [0.05, 0.1) is 5.71 Å². The molecular formula is C37H66ClF2NO2. The number of hydrogen-bond acceptors (Lipinski definition) is 3. The van der Waals surface area contributed by atoms with E-state index in [1.807, 2.05) is 19.9 Å². The summed E-state index contributed by atoms with van der Waals surface area (Å²) in [6.07, 6.45) is 13.1. The fraction of sp³-hybridized carbons (Fsp3) is 0.703. The van der Waals surface area contributed by atoms with Gasteiger partial charge < -0.3 is 4.79 Å². The Morgan fingerprint density at radius 2 is 1.42 bits per heavy atom. The standard InChI is InChI=1S/C10H11ClF2.C10H22.C9H15NO.C5H12.C3H6O/c1-3-7-4-8(10(2,12)13)6-9(11)5-7;1-5-8-10(7-3)9(4)6-2;1-5-7(2)6-9(10-4)8(3)11;1-3-5-4-2;1-3(2)4/h4-6H,3H2,1-2H3;9-10H,5-8H2,1-4H3;6H,5H2,1-4H3;3-5H2,1-2H3;1-2H3/b;;7-6+,10-9?;;. The van der Waals surface area contributed by atoms with Crippen LogP contribution in [-0.2, 0) is 21.9 Å². The van der Waals surface area contributed by atoms with Crippen LogP contribution in [0.5, 0.6) is 0 Å². The van der Waals surface area contributed by atoms with Gasteiger partial charge in [0, 0.05) is 31.5 Å². The number of benzene rings is 1. The molecule has 0 N–H and O–H groups in total. The van der Waals surface area contributed by atoms with Crippen molar-refractivity contribution in [2.75, 3.05) is 7.05 Å². The zero-order valence-corrected chi connectivity index (χ0v) is 31.0. The van der Waals surface area contributed by atoms with Gasteiger partial charge in [-0.1, -0.05) is 118 Å². The van der Waals surface area contributed by atoms with E-state index >= 15 is 0 Å². The Balaban J connectivity index is -0.000000234. The highest BCUT2D eigenvalue weighted by molar-refractivity contribution is 6.43. The molecule has 0 aliphatic heterocycles. The lowest BCUT2D eigenvalue weighted by molar-refractivity contribution is -0.115. The zero-order chi connectivity index (χ0) is 34.6. The fourth-order valence-electron chi connectivity index (χ4n) is 3.72. The number of ketones is 2. The number of carbonyl (C=O) groups is 2. The summed E-state index contributed by atoms with van der Waals surface area (Å²) in [6.45, 7) is 25.1. The van der Waals surface area contributed by atoms with E-state index in [1.54, 1.807) is 13.1 Å². The summed E-state index contributed by atoms with van der Waals surface area (Å²) >= 11 is 5.70. The van der Waals surface area contributed by atoms with Crippen LogP contribution in [0, 0.1) is 11.8 Å². The highest BCUT2D eigenvalue weighted by atomic mass is 35.5. The van der Waals surface area contributed by atoms with Crippen molar-refractivity contribution >= 4 is 28.9 Å². The van der Waals surface area contributed by atoms with E-state index in [4.69, 9.17) is 11.6 Å². The molecule has 6 heteroatoms. The molecule has 3 nitrogen and oxygen atoms in total. The highest BCUT2D eigenvalue weighted by Crippen LogP contribution is 2.30. The third-order valence-corrected chi connectivity index (χ3v) is 6.97. The van der Waals surface area contributed by atoms with E-state index in [2.05, 4.69) is 53.5 Å². The number of carbonyl (C=O) groups excluding carboxylic acids is 2. The Morgan fingerprint density at radius 3 is 1.70 bits per heavy atom. The topological polar surface area (TPSA) is 46.5 Å². The monoisotopic (exact) mass is 629 g/mol. The minimum absolute atomic E-state index is 0.0168. The van der Waals surface area contributed by atoms with Gasteiger partial charge in [0.25, 0.3) is 5.92 Å². The van der Waals surface area contributed by atoms with Crippen LogP contribution in [0.1, 0.15) is 153 Å². The molecule has 2 atom stereocenters. The first-order valence-corrected chi connectivity index (χ1v) is 16.6. The molecule has 0 saturated heterocycles. The van der Waals surface area contributed by atoms with Gasteiger partial charge in [-0.15, -0.1) is 0 Å². The Bertz CT molecular complexity index is 898. The second-order valence-electron chi connectivity index (χ2n) is 11.2. The van der Waals surface area contributed by atoms with Crippen molar-refractivity contribution in [2.45, 2.75) is 154 Å². The Kier molecular flexibility index (Phi) is 33.7. The number of allylic oxidation sites excluding steroid dienone is 2. The maximum atomic E-state index is 12.9. The molecule has 0 radical (unpaired) electrons. The molecule has 43 heavy (non-hydrogen) atoms. The summed E-state index contributed by atoms with van der Waals surface area (Å²) < 4.78 is 25.8. The molecule has 0 fully saturated rings. The number of halogens is 3. The Morgan fingerprint density at radius 1 is 0.907 bits per heavy atom. The van der Waals surface area contributed by atoms with Gasteiger partial charge >= 0.3 is 0 Å². The molecule has 0 aliphatic rings. The minimum Gasteiger partial charge on any atom is -0.300 e. The first kappa shape index (κ1) is 48.0. The molecule has 0 heterocycles. The van der Waals surface area contributed by atoms with Crippen LogP contribution in [-0.4, -0.2) is 24.3 Å². The molecule has 0 spiro atoms. The van der Waals surface area contributed by atoms with Crippen molar-refractivity contribution in [2.24, 2.45) is 16.8 Å². The van der Waals surface area contributed by atoms with Gasteiger partial charge in [0.1, 0.15) is 5.78 Å². The lowest BCUT2D eigenvalue weighted by Gasteiger charge is -2.20.